The fourth-order valence-corrected chi connectivity index (χ4v) is 2.58. The van der Waals surface area contributed by atoms with Crippen LogP contribution in [0.1, 0.15) is 6.42 Å². The molecule has 120 valence electrons. The summed E-state index contributed by atoms with van der Waals surface area (Å²) in [5.74, 6) is -1.81. The highest BCUT2D eigenvalue weighted by Crippen LogP contribution is 2.27. The number of aliphatic carboxylic acids is 1. The average Bonchev–Trinajstić information content (AvgIpc) is 2.89. The topological polar surface area (TPSA) is 101 Å². The lowest BCUT2D eigenvalue weighted by atomic mass is 10.1. The van der Waals surface area contributed by atoms with Crippen molar-refractivity contribution >= 4 is 23.3 Å². The summed E-state index contributed by atoms with van der Waals surface area (Å²) >= 11 is 0. The van der Waals surface area contributed by atoms with Gasteiger partial charge in [0.05, 0.1) is 19.1 Å². The SMILES string of the molecule is O=C(O)C1CC(=O)N(c2ccc(N(CCO)CCO)cc2)C1. The predicted octanol–water partition coefficient (Wildman–Crippen LogP) is -0.0849. The van der Waals surface area contributed by atoms with E-state index in [1.54, 1.807) is 24.3 Å². The van der Waals surface area contributed by atoms with Crippen LogP contribution in [0, 0.1) is 5.92 Å². The molecule has 0 bridgehead atoms. The lowest BCUT2D eigenvalue weighted by Crippen LogP contribution is -2.30. The lowest BCUT2D eigenvalue weighted by Gasteiger charge is -2.24. The molecule has 2 rings (SSSR count). The maximum atomic E-state index is 11.9. The number of anilines is 2. The van der Waals surface area contributed by atoms with E-state index in [2.05, 4.69) is 0 Å². The number of benzene rings is 1. The van der Waals surface area contributed by atoms with E-state index in [0.29, 0.717) is 18.8 Å². The highest BCUT2D eigenvalue weighted by Gasteiger charge is 2.34. The Morgan fingerprint density at radius 2 is 1.77 bits per heavy atom. The number of carboxylic acid groups (broad SMARTS) is 1. The molecule has 1 aromatic rings. The van der Waals surface area contributed by atoms with Crippen LogP contribution in [0.5, 0.6) is 0 Å². The van der Waals surface area contributed by atoms with Gasteiger partial charge >= 0.3 is 5.97 Å². The van der Waals surface area contributed by atoms with Crippen LogP contribution in [-0.2, 0) is 9.59 Å². The number of aliphatic hydroxyl groups excluding tert-OH is 2. The molecule has 22 heavy (non-hydrogen) atoms. The minimum absolute atomic E-state index is 0.0212. The molecule has 3 N–H and O–H groups in total. The van der Waals surface area contributed by atoms with Crippen LogP contribution in [0.4, 0.5) is 11.4 Å². The Balaban J connectivity index is 2.11. The van der Waals surface area contributed by atoms with E-state index in [1.807, 2.05) is 4.90 Å². The van der Waals surface area contributed by atoms with Gasteiger partial charge in [-0.15, -0.1) is 0 Å². The quantitative estimate of drug-likeness (QED) is 0.651. The van der Waals surface area contributed by atoms with Gasteiger partial charge in [-0.1, -0.05) is 0 Å². The molecule has 0 aromatic heterocycles. The Morgan fingerprint density at radius 1 is 1.18 bits per heavy atom. The first-order valence-electron chi connectivity index (χ1n) is 7.16. The molecule has 0 radical (unpaired) electrons. The van der Waals surface area contributed by atoms with Gasteiger partial charge in [0.15, 0.2) is 0 Å². The molecule has 1 saturated heterocycles. The van der Waals surface area contributed by atoms with Crippen molar-refractivity contribution in [2.75, 3.05) is 42.6 Å². The van der Waals surface area contributed by atoms with E-state index in [-0.39, 0.29) is 32.1 Å². The number of aliphatic hydroxyl groups is 2. The number of carbonyl (C=O) groups is 2. The number of carbonyl (C=O) groups excluding carboxylic acids is 1. The van der Waals surface area contributed by atoms with Crippen LogP contribution in [-0.4, -0.2) is 60.0 Å². The van der Waals surface area contributed by atoms with Crippen molar-refractivity contribution in [1.29, 1.82) is 0 Å². The number of amides is 1. The van der Waals surface area contributed by atoms with E-state index in [4.69, 9.17) is 15.3 Å². The van der Waals surface area contributed by atoms with Crippen molar-refractivity contribution in [3.8, 4) is 0 Å². The molecule has 7 nitrogen and oxygen atoms in total. The van der Waals surface area contributed by atoms with Gasteiger partial charge in [0.1, 0.15) is 0 Å². The summed E-state index contributed by atoms with van der Waals surface area (Å²) < 4.78 is 0. The lowest BCUT2D eigenvalue weighted by molar-refractivity contribution is -0.141. The van der Waals surface area contributed by atoms with E-state index in [9.17, 15) is 9.59 Å². The van der Waals surface area contributed by atoms with Gasteiger partial charge in [0.25, 0.3) is 0 Å². The number of rotatable bonds is 7. The van der Waals surface area contributed by atoms with E-state index in [0.717, 1.165) is 5.69 Å². The highest BCUT2D eigenvalue weighted by molar-refractivity contribution is 5.99. The molecule has 0 saturated carbocycles. The van der Waals surface area contributed by atoms with Gasteiger partial charge in [0, 0.05) is 37.4 Å². The van der Waals surface area contributed by atoms with Crippen LogP contribution in [0.3, 0.4) is 0 Å². The van der Waals surface area contributed by atoms with Crippen LogP contribution in [0.2, 0.25) is 0 Å². The van der Waals surface area contributed by atoms with Gasteiger partial charge in [-0.2, -0.15) is 0 Å². The van der Waals surface area contributed by atoms with Crippen LogP contribution in [0.25, 0.3) is 0 Å². The third-order valence-electron chi connectivity index (χ3n) is 3.74. The van der Waals surface area contributed by atoms with Crippen LogP contribution < -0.4 is 9.80 Å². The Labute approximate surface area is 128 Å². The Kier molecular flexibility index (Phi) is 5.35. The maximum Gasteiger partial charge on any atom is 0.308 e. The Bertz CT molecular complexity index is 525. The van der Waals surface area contributed by atoms with Gasteiger partial charge in [-0.25, -0.2) is 0 Å². The fraction of sp³-hybridized carbons (Fsp3) is 0.467. The van der Waals surface area contributed by atoms with Gasteiger partial charge in [0.2, 0.25) is 5.91 Å². The number of carboxylic acids is 1. The molecule has 1 unspecified atom stereocenters. The van der Waals surface area contributed by atoms with Crippen LogP contribution in [0.15, 0.2) is 24.3 Å². The van der Waals surface area contributed by atoms with E-state index < -0.39 is 11.9 Å². The number of nitrogens with zero attached hydrogens (tertiary/aromatic N) is 2. The molecule has 0 spiro atoms. The zero-order valence-corrected chi connectivity index (χ0v) is 12.2. The molecule has 1 atom stereocenters. The van der Waals surface area contributed by atoms with Gasteiger partial charge < -0.3 is 25.1 Å². The van der Waals surface area contributed by atoms with Gasteiger partial charge in [-0.3, -0.25) is 9.59 Å². The normalized spacial score (nSPS) is 17.8. The van der Waals surface area contributed by atoms with Crippen molar-refractivity contribution in [2.45, 2.75) is 6.42 Å². The molecular weight excluding hydrogens is 288 g/mol. The van der Waals surface area contributed by atoms with E-state index in [1.165, 1.54) is 4.90 Å². The molecule has 1 aromatic carbocycles. The summed E-state index contributed by atoms with van der Waals surface area (Å²) in [5.41, 5.74) is 1.48. The van der Waals surface area contributed by atoms with Crippen molar-refractivity contribution in [2.24, 2.45) is 5.92 Å². The molecule has 1 amide bonds. The third kappa shape index (κ3) is 3.55. The summed E-state index contributed by atoms with van der Waals surface area (Å²) in [6.45, 7) is 0.955. The second kappa shape index (κ2) is 7.24. The van der Waals surface area contributed by atoms with Gasteiger partial charge in [-0.05, 0) is 24.3 Å². The number of hydrogen-bond acceptors (Lipinski definition) is 5. The average molecular weight is 308 g/mol. The van der Waals surface area contributed by atoms with Crippen LogP contribution >= 0.6 is 0 Å². The highest BCUT2D eigenvalue weighted by atomic mass is 16.4. The minimum atomic E-state index is -0.954. The summed E-state index contributed by atoms with van der Waals surface area (Å²) in [5, 5.41) is 27.1. The number of hydrogen-bond donors (Lipinski definition) is 3. The molecule has 1 heterocycles. The first-order valence-corrected chi connectivity index (χ1v) is 7.16. The third-order valence-corrected chi connectivity index (χ3v) is 3.74. The Hall–Kier alpha value is -2.12. The monoisotopic (exact) mass is 308 g/mol. The van der Waals surface area contributed by atoms with Crippen molar-refractivity contribution in [3.05, 3.63) is 24.3 Å². The molecule has 1 fully saturated rings. The summed E-state index contributed by atoms with van der Waals surface area (Å²) in [6.07, 6.45) is 0.0260. The molecule has 1 aliphatic heterocycles. The van der Waals surface area contributed by atoms with Crippen molar-refractivity contribution < 1.29 is 24.9 Å². The zero-order valence-electron chi connectivity index (χ0n) is 12.2. The van der Waals surface area contributed by atoms with Crippen molar-refractivity contribution in [1.82, 2.24) is 0 Å². The largest absolute Gasteiger partial charge is 0.481 e. The molecule has 0 aliphatic carbocycles. The minimum Gasteiger partial charge on any atom is -0.481 e. The summed E-state index contributed by atoms with van der Waals surface area (Å²) in [4.78, 5) is 26.2. The standard InChI is InChI=1S/C15H20N2O5/c18-7-5-16(6-8-19)12-1-3-13(4-2-12)17-10-11(15(21)22)9-14(17)20/h1-4,11,18-19H,5-10H2,(H,21,22). The predicted molar refractivity (Wildman–Crippen MR) is 80.9 cm³/mol. The van der Waals surface area contributed by atoms with Crippen molar-refractivity contribution in [3.63, 3.8) is 0 Å². The summed E-state index contributed by atoms with van der Waals surface area (Å²) in [6, 6.07) is 7.09. The Morgan fingerprint density at radius 3 is 2.23 bits per heavy atom. The molecular formula is C15H20N2O5. The zero-order chi connectivity index (χ0) is 16.1. The molecule has 7 heteroatoms. The first kappa shape index (κ1) is 16.3. The summed E-state index contributed by atoms with van der Waals surface area (Å²) in [7, 11) is 0. The molecule has 1 aliphatic rings. The first-order chi connectivity index (χ1) is 10.6. The smallest absolute Gasteiger partial charge is 0.308 e. The maximum absolute atomic E-state index is 11.9. The van der Waals surface area contributed by atoms with E-state index >= 15 is 0 Å². The second-order valence-corrected chi connectivity index (χ2v) is 5.19. The fourth-order valence-electron chi connectivity index (χ4n) is 2.58. The second-order valence-electron chi connectivity index (χ2n) is 5.19.